The molecule has 2 atom stereocenters. The number of hydrogen-bond acceptors (Lipinski definition) is 4. The van der Waals surface area contributed by atoms with E-state index in [2.05, 4.69) is 10.5 Å². The van der Waals surface area contributed by atoms with Gasteiger partial charge in [0.25, 0.3) is 0 Å². The van der Waals surface area contributed by atoms with E-state index < -0.39 is 11.5 Å². The number of amides is 1. The van der Waals surface area contributed by atoms with Crippen LogP contribution in [-0.2, 0) is 9.59 Å². The van der Waals surface area contributed by atoms with Crippen molar-refractivity contribution >= 4 is 11.9 Å². The average molecular weight is 296 g/mol. The predicted molar refractivity (Wildman–Crippen MR) is 78.1 cm³/mol. The van der Waals surface area contributed by atoms with Crippen LogP contribution in [0.5, 0.6) is 0 Å². The van der Waals surface area contributed by atoms with E-state index in [1.54, 1.807) is 0 Å². The van der Waals surface area contributed by atoms with Crippen molar-refractivity contribution in [1.82, 2.24) is 10.5 Å². The minimum absolute atomic E-state index is 0.0732. The van der Waals surface area contributed by atoms with E-state index in [4.69, 9.17) is 4.52 Å². The number of carboxylic acids is 1. The molecule has 0 aliphatic carbocycles. The van der Waals surface area contributed by atoms with Crippen LogP contribution in [0.1, 0.15) is 63.0 Å². The zero-order valence-electron chi connectivity index (χ0n) is 13.3. The zero-order chi connectivity index (χ0) is 16.2. The molecule has 0 saturated carbocycles. The fourth-order valence-corrected chi connectivity index (χ4v) is 2.66. The minimum atomic E-state index is -1.22. The molecular weight excluding hydrogens is 272 g/mol. The van der Waals surface area contributed by atoms with Crippen LogP contribution in [0.3, 0.4) is 0 Å². The highest BCUT2D eigenvalue weighted by Gasteiger charge is 2.34. The van der Waals surface area contributed by atoms with Crippen LogP contribution in [0.15, 0.2) is 4.52 Å². The van der Waals surface area contributed by atoms with Crippen molar-refractivity contribution < 1.29 is 19.2 Å². The van der Waals surface area contributed by atoms with E-state index in [9.17, 15) is 14.7 Å². The monoisotopic (exact) mass is 296 g/mol. The van der Waals surface area contributed by atoms with E-state index in [1.165, 1.54) is 6.92 Å². The third-order valence-electron chi connectivity index (χ3n) is 3.71. The first-order chi connectivity index (χ1) is 9.71. The largest absolute Gasteiger partial charge is 0.480 e. The van der Waals surface area contributed by atoms with Crippen molar-refractivity contribution in [2.24, 2.45) is 0 Å². The number of rotatable bonds is 7. The molecule has 0 aromatic carbocycles. The molecule has 1 rings (SSSR count). The maximum absolute atomic E-state index is 12.1. The molecule has 118 valence electrons. The van der Waals surface area contributed by atoms with Crippen LogP contribution in [0.25, 0.3) is 0 Å². The molecule has 0 spiro atoms. The molecule has 0 radical (unpaired) electrons. The fourth-order valence-electron chi connectivity index (χ4n) is 2.66. The molecule has 1 amide bonds. The Morgan fingerprint density at radius 1 is 1.43 bits per heavy atom. The number of carbonyl (C=O) groups is 2. The standard InChI is InChI=1S/C15H24N2O4/c1-6-7-15(5,14(19)20)16-12(18)8-9(2)13-10(3)17-21-11(13)4/h9H,6-8H2,1-5H3,(H,16,18)(H,19,20). The first-order valence-electron chi connectivity index (χ1n) is 7.18. The maximum Gasteiger partial charge on any atom is 0.329 e. The van der Waals surface area contributed by atoms with Gasteiger partial charge in [-0.3, -0.25) is 4.79 Å². The molecule has 0 saturated heterocycles. The van der Waals surface area contributed by atoms with Crippen LogP contribution >= 0.6 is 0 Å². The number of hydrogen-bond donors (Lipinski definition) is 2. The zero-order valence-corrected chi connectivity index (χ0v) is 13.3. The van der Waals surface area contributed by atoms with E-state index in [0.717, 1.165) is 11.3 Å². The van der Waals surface area contributed by atoms with E-state index >= 15 is 0 Å². The van der Waals surface area contributed by atoms with Crippen molar-refractivity contribution in [2.75, 3.05) is 0 Å². The molecular formula is C15H24N2O4. The third kappa shape index (κ3) is 4.06. The number of aryl methyl sites for hydroxylation is 2. The summed E-state index contributed by atoms with van der Waals surface area (Å²) >= 11 is 0. The van der Waals surface area contributed by atoms with Gasteiger partial charge in [0, 0.05) is 12.0 Å². The third-order valence-corrected chi connectivity index (χ3v) is 3.71. The summed E-state index contributed by atoms with van der Waals surface area (Å²) in [6, 6.07) is 0. The van der Waals surface area contributed by atoms with Gasteiger partial charge in [-0.2, -0.15) is 0 Å². The van der Waals surface area contributed by atoms with Crippen LogP contribution < -0.4 is 5.32 Å². The second kappa shape index (κ2) is 6.74. The Labute approximate surface area is 124 Å². The van der Waals surface area contributed by atoms with Crippen LogP contribution in [0.4, 0.5) is 0 Å². The summed E-state index contributed by atoms with van der Waals surface area (Å²) in [6.07, 6.45) is 1.28. The quantitative estimate of drug-likeness (QED) is 0.806. The van der Waals surface area contributed by atoms with Crippen molar-refractivity contribution in [3.8, 4) is 0 Å². The molecule has 2 unspecified atom stereocenters. The summed E-state index contributed by atoms with van der Waals surface area (Å²) < 4.78 is 5.10. The molecule has 6 nitrogen and oxygen atoms in total. The van der Waals surface area contributed by atoms with Gasteiger partial charge in [-0.05, 0) is 33.1 Å². The SMILES string of the molecule is CCCC(C)(NC(=O)CC(C)c1c(C)noc1C)C(=O)O. The van der Waals surface area contributed by atoms with Gasteiger partial charge in [-0.1, -0.05) is 25.4 Å². The summed E-state index contributed by atoms with van der Waals surface area (Å²) in [5.74, 6) is -0.665. The second-order valence-corrected chi connectivity index (χ2v) is 5.78. The lowest BCUT2D eigenvalue weighted by atomic mass is 9.93. The van der Waals surface area contributed by atoms with Crippen LogP contribution in [0, 0.1) is 13.8 Å². The smallest absolute Gasteiger partial charge is 0.329 e. The molecule has 6 heteroatoms. The summed E-state index contributed by atoms with van der Waals surface area (Å²) in [6.45, 7) is 8.97. The molecule has 0 bridgehead atoms. The van der Waals surface area contributed by atoms with Gasteiger partial charge in [-0.15, -0.1) is 0 Å². The van der Waals surface area contributed by atoms with Gasteiger partial charge >= 0.3 is 5.97 Å². The van der Waals surface area contributed by atoms with Gasteiger partial charge in [0.1, 0.15) is 11.3 Å². The number of nitrogens with zero attached hydrogens (tertiary/aromatic N) is 1. The molecule has 1 aromatic rings. The van der Waals surface area contributed by atoms with Crippen molar-refractivity contribution in [1.29, 1.82) is 0 Å². The number of carbonyl (C=O) groups excluding carboxylic acids is 1. The highest BCUT2D eigenvalue weighted by Crippen LogP contribution is 2.26. The van der Waals surface area contributed by atoms with Crippen molar-refractivity contribution in [3.63, 3.8) is 0 Å². The average Bonchev–Trinajstić information content (AvgIpc) is 2.68. The van der Waals surface area contributed by atoms with Gasteiger partial charge in [0.05, 0.1) is 5.69 Å². The lowest BCUT2D eigenvalue weighted by Crippen LogP contribution is -2.52. The summed E-state index contributed by atoms with van der Waals surface area (Å²) in [7, 11) is 0. The first-order valence-corrected chi connectivity index (χ1v) is 7.18. The number of carboxylic acid groups (broad SMARTS) is 1. The lowest BCUT2D eigenvalue weighted by Gasteiger charge is -2.26. The lowest BCUT2D eigenvalue weighted by molar-refractivity contribution is -0.147. The molecule has 1 heterocycles. The number of aliphatic carboxylic acids is 1. The van der Waals surface area contributed by atoms with Crippen molar-refractivity contribution in [3.05, 3.63) is 17.0 Å². The summed E-state index contributed by atoms with van der Waals surface area (Å²) in [5.41, 5.74) is 0.463. The summed E-state index contributed by atoms with van der Waals surface area (Å²) in [5, 5.41) is 15.8. The Hall–Kier alpha value is -1.85. The highest BCUT2D eigenvalue weighted by atomic mass is 16.5. The van der Waals surface area contributed by atoms with E-state index in [0.29, 0.717) is 18.6 Å². The maximum atomic E-state index is 12.1. The Morgan fingerprint density at radius 2 is 2.05 bits per heavy atom. The van der Waals surface area contributed by atoms with Gasteiger partial charge in [0.2, 0.25) is 5.91 Å². The second-order valence-electron chi connectivity index (χ2n) is 5.78. The Morgan fingerprint density at radius 3 is 2.48 bits per heavy atom. The predicted octanol–water partition coefficient (Wildman–Crippen LogP) is 2.54. The van der Waals surface area contributed by atoms with E-state index in [1.807, 2.05) is 27.7 Å². The van der Waals surface area contributed by atoms with E-state index in [-0.39, 0.29) is 18.2 Å². The molecule has 2 N–H and O–H groups in total. The Balaban J connectivity index is 2.75. The fraction of sp³-hybridized carbons (Fsp3) is 0.667. The highest BCUT2D eigenvalue weighted by molar-refractivity contribution is 5.86. The molecule has 0 aliphatic rings. The molecule has 1 aromatic heterocycles. The Bertz CT molecular complexity index is 504. The van der Waals surface area contributed by atoms with Crippen LogP contribution in [0.2, 0.25) is 0 Å². The van der Waals surface area contributed by atoms with Gasteiger partial charge < -0.3 is 14.9 Å². The number of nitrogens with one attached hydrogen (secondary N) is 1. The minimum Gasteiger partial charge on any atom is -0.480 e. The molecule has 0 fully saturated rings. The molecule has 21 heavy (non-hydrogen) atoms. The topological polar surface area (TPSA) is 92.4 Å². The molecule has 0 aliphatic heterocycles. The first kappa shape index (κ1) is 17.2. The summed E-state index contributed by atoms with van der Waals surface area (Å²) in [4.78, 5) is 23.5. The van der Waals surface area contributed by atoms with Gasteiger partial charge in [-0.25, -0.2) is 4.79 Å². The van der Waals surface area contributed by atoms with Crippen molar-refractivity contribution in [2.45, 2.75) is 65.3 Å². The number of aromatic nitrogens is 1. The van der Waals surface area contributed by atoms with Crippen LogP contribution in [-0.4, -0.2) is 27.7 Å². The Kier molecular flexibility index (Phi) is 5.52. The van der Waals surface area contributed by atoms with Gasteiger partial charge in [0.15, 0.2) is 0 Å². The normalized spacial score (nSPS) is 15.3.